The summed E-state index contributed by atoms with van der Waals surface area (Å²) >= 11 is 0. The zero-order chi connectivity index (χ0) is 10.3. The van der Waals surface area contributed by atoms with Crippen LogP contribution < -0.4 is 0 Å². The van der Waals surface area contributed by atoms with Crippen molar-refractivity contribution in [2.75, 3.05) is 0 Å². The molecule has 2 aliphatic rings. The fraction of sp³-hybridized carbons (Fsp3) is 0.750. The normalized spacial score (nSPS) is 39.6. The zero-order valence-corrected chi connectivity index (χ0v) is 8.86. The second-order valence-electron chi connectivity index (χ2n) is 5.28. The van der Waals surface area contributed by atoms with Crippen LogP contribution in [-0.4, -0.2) is 11.1 Å². The Morgan fingerprint density at radius 2 is 2.36 bits per heavy atom. The molecule has 0 aromatic rings. The third-order valence-corrected chi connectivity index (χ3v) is 3.66. The van der Waals surface area contributed by atoms with E-state index in [-0.39, 0.29) is 11.3 Å². The maximum absolute atomic E-state index is 11.1. The first kappa shape index (κ1) is 9.75. The topological polar surface area (TPSA) is 37.3 Å². The second kappa shape index (κ2) is 3.11. The molecule has 2 rings (SSSR count). The van der Waals surface area contributed by atoms with Gasteiger partial charge in [-0.3, -0.25) is 4.79 Å². The van der Waals surface area contributed by atoms with Crippen LogP contribution in [0.2, 0.25) is 0 Å². The van der Waals surface area contributed by atoms with E-state index < -0.39 is 5.97 Å². The van der Waals surface area contributed by atoms with Crippen LogP contribution in [0.4, 0.5) is 0 Å². The molecule has 0 aromatic carbocycles. The molecular formula is C12H18O2. The number of hydrogen-bond donors (Lipinski definition) is 1. The first-order chi connectivity index (χ1) is 6.53. The van der Waals surface area contributed by atoms with Crippen LogP contribution in [0.25, 0.3) is 0 Å². The monoisotopic (exact) mass is 194 g/mol. The molecule has 1 saturated carbocycles. The molecule has 2 aliphatic carbocycles. The molecule has 2 bridgehead atoms. The molecule has 3 atom stereocenters. The van der Waals surface area contributed by atoms with Crippen molar-refractivity contribution < 1.29 is 9.90 Å². The fourth-order valence-corrected chi connectivity index (χ4v) is 3.31. The predicted octanol–water partition coefficient (Wildman–Crippen LogP) is 2.70. The number of fused-ring (bicyclic) bond motifs is 2. The minimum Gasteiger partial charge on any atom is -0.481 e. The number of carboxylic acids is 1. The third-order valence-electron chi connectivity index (χ3n) is 3.66. The Morgan fingerprint density at radius 3 is 2.86 bits per heavy atom. The summed E-state index contributed by atoms with van der Waals surface area (Å²) in [6, 6.07) is 0. The van der Waals surface area contributed by atoms with Gasteiger partial charge in [-0.2, -0.15) is 0 Å². The van der Waals surface area contributed by atoms with Crippen LogP contribution in [0.15, 0.2) is 12.2 Å². The van der Waals surface area contributed by atoms with E-state index in [1.54, 1.807) is 0 Å². The fourth-order valence-electron chi connectivity index (χ4n) is 3.31. The van der Waals surface area contributed by atoms with Crippen molar-refractivity contribution in [3.05, 3.63) is 12.2 Å². The smallest absolute Gasteiger partial charge is 0.307 e. The summed E-state index contributed by atoms with van der Waals surface area (Å²) in [5.74, 6) is 0.394. The molecule has 2 nitrogen and oxygen atoms in total. The highest BCUT2D eigenvalue weighted by Crippen LogP contribution is 2.56. The molecule has 1 fully saturated rings. The van der Waals surface area contributed by atoms with Crippen molar-refractivity contribution in [2.24, 2.45) is 23.2 Å². The van der Waals surface area contributed by atoms with Crippen LogP contribution in [0.5, 0.6) is 0 Å². The number of carbonyl (C=O) groups is 1. The summed E-state index contributed by atoms with van der Waals surface area (Å²) in [7, 11) is 0. The van der Waals surface area contributed by atoms with Gasteiger partial charge in [0.1, 0.15) is 0 Å². The Labute approximate surface area is 85.0 Å². The number of carboxylic acid groups (broad SMARTS) is 1. The minimum atomic E-state index is -0.600. The van der Waals surface area contributed by atoms with Crippen LogP contribution in [0, 0.1) is 23.2 Å². The summed E-state index contributed by atoms with van der Waals surface area (Å²) < 4.78 is 0. The quantitative estimate of drug-likeness (QED) is 0.701. The van der Waals surface area contributed by atoms with Gasteiger partial charge in [-0.05, 0) is 31.1 Å². The number of hydrogen-bond acceptors (Lipinski definition) is 1. The molecule has 1 N–H and O–H groups in total. The molecule has 2 heteroatoms. The van der Waals surface area contributed by atoms with Crippen molar-refractivity contribution in [3.8, 4) is 0 Å². The van der Waals surface area contributed by atoms with Gasteiger partial charge < -0.3 is 5.11 Å². The van der Waals surface area contributed by atoms with Crippen molar-refractivity contribution in [1.29, 1.82) is 0 Å². The van der Waals surface area contributed by atoms with Crippen molar-refractivity contribution in [3.63, 3.8) is 0 Å². The van der Waals surface area contributed by atoms with E-state index in [0.717, 1.165) is 19.3 Å². The van der Waals surface area contributed by atoms with E-state index in [4.69, 9.17) is 0 Å². The Bertz CT molecular complexity index is 280. The third kappa shape index (κ3) is 1.37. The summed E-state index contributed by atoms with van der Waals surface area (Å²) in [4.78, 5) is 11.1. The lowest BCUT2D eigenvalue weighted by Crippen LogP contribution is -2.30. The van der Waals surface area contributed by atoms with E-state index in [1.165, 1.54) is 0 Å². The van der Waals surface area contributed by atoms with E-state index in [0.29, 0.717) is 11.8 Å². The van der Waals surface area contributed by atoms with Gasteiger partial charge in [0.25, 0.3) is 0 Å². The van der Waals surface area contributed by atoms with Gasteiger partial charge in [-0.25, -0.2) is 0 Å². The first-order valence-corrected chi connectivity index (χ1v) is 5.46. The van der Waals surface area contributed by atoms with Gasteiger partial charge in [0.15, 0.2) is 0 Å². The molecule has 0 aliphatic heterocycles. The summed E-state index contributed by atoms with van der Waals surface area (Å²) in [6.07, 6.45) is 7.36. The highest BCUT2D eigenvalue weighted by atomic mass is 16.4. The Balaban J connectivity index is 2.22. The van der Waals surface area contributed by atoms with Gasteiger partial charge in [-0.15, -0.1) is 0 Å². The minimum absolute atomic E-state index is 0.00926. The average Bonchev–Trinajstić information content (AvgIpc) is 2.58. The SMILES string of the molecule is CC(C)CC12C=CC(CC1C(=O)O)C2. The Hall–Kier alpha value is -0.790. The maximum Gasteiger partial charge on any atom is 0.307 e. The van der Waals surface area contributed by atoms with Gasteiger partial charge >= 0.3 is 5.97 Å². The predicted molar refractivity (Wildman–Crippen MR) is 54.9 cm³/mol. The van der Waals surface area contributed by atoms with Gasteiger partial charge in [0, 0.05) is 5.41 Å². The number of aliphatic carboxylic acids is 1. The standard InChI is InChI=1S/C12H18O2/c1-8(2)6-12-4-3-9(7-12)5-10(12)11(13)14/h3-4,8-10H,5-7H2,1-2H3,(H,13,14). The number of rotatable bonds is 3. The summed E-state index contributed by atoms with van der Waals surface area (Å²) in [6.45, 7) is 4.35. The average molecular weight is 194 g/mol. The van der Waals surface area contributed by atoms with Crippen molar-refractivity contribution in [1.82, 2.24) is 0 Å². The molecular weight excluding hydrogens is 176 g/mol. The van der Waals surface area contributed by atoms with E-state index in [9.17, 15) is 9.90 Å². The molecule has 0 spiro atoms. The molecule has 0 heterocycles. The molecule has 78 valence electrons. The molecule has 0 aromatic heterocycles. The van der Waals surface area contributed by atoms with Crippen molar-refractivity contribution >= 4 is 5.97 Å². The molecule has 0 radical (unpaired) electrons. The molecule has 3 unspecified atom stereocenters. The van der Waals surface area contributed by atoms with Crippen LogP contribution in [-0.2, 0) is 4.79 Å². The van der Waals surface area contributed by atoms with Crippen LogP contribution >= 0.6 is 0 Å². The number of allylic oxidation sites excluding steroid dienone is 2. The largest absolute Gasteiger partial charge is 0.481 e. The van der Waals surface area contributed by atoms with Gasteiger partial charge in [0.05, 0.1) is 5.92 Å². The molecule has 0 amide bonds. The summed E-state index contributed by atoms with van der Waals surface area (Å²) in [5, 5.41) is 9.18. The Kier molecular flexibility index (Phi) is 2.17. The van der Waals surface area contributed by atoms with Gasteiger partial charge in [-0.1, -0.05) is 26.0 Å². The molecule has 0 saturated heterocycles. The highest BCUT2D eigenvalue weighted by Gasteiger charge is 2.51. The second-order valence-corrected chi connectivity index (χ2v) is 5.28. The highest BCUT2D eigenvalue weighted by molar-refractivity contribution is 5.72. The maximum atomic E-state index is 11.1. The van der Waals surface area contributed by atoms with Crippen LogP contribution in [0.3, 0.4) is 0 Å². The lowest BCUT2D eigenvalue weighted by molar-refractivity contribution is -0.144. The van der Waals surface area contributed by atoms with Crippen LogP contribution in [0.1, 0.15) is 33.1 Å². The van der Waals surface area contributed by atoms with Gasteiger partial charge in [0.2, 0.25) is 0 Å². The lowest BCUT2D eigenvalue weighted by Gasteiger charge is -2.31. The van der Waals surface area contributed by atoms with E-state index in [2.05, 4.69) is 26.0 Å². The van der Waals surface area contributed by atoms with Crippen molar-refractivity contribution in [2.45, 2.75) is 33.1 Å². The Morgan fingerprint density at radius 1 is 1.64 bits per heavy atom. The molecule has 14 heavy (non-hydrogen) atoms. The summed E-state index contributed by atoms with van der Waals surface area (Å²) in [5.41, 5.74) is -0.00926. The first-order valence-electron chi connectivity index (χ1n) is 5.46. The zero-order valence-electron chi connectivity index (χ0n) is 8.86. The van der Waals surface area contributed by atoms with E-state index >= 15 is 0 Å². The van der Waals surface area contributed by atoms with E-state index in [1.807, 2.05) is 0 Å². The lowest BCUT2D eigenvalue weighted by atomic mass is 9.72.